The number of anilines is 1. The molecule has 0 radical (unpaired) electrons. The molecule has 0 aliphatic carbocycles. The number of ether oxygens (including phenoxy) is 1. The molecule has 0 fully saturated rings. The number of unbranched alkanes of at least 4 members (excludes halogenated alkanes) is 1. The lowest BCUT2D eigenvalue weighted by molar-refractivity contribution is -0.140. The van der Waals surface area contributed by atoms with Gasteiger partial charge in [0.05, 0.1) is 19.2 Å². The van der Waals surface area contributed by atoms with E-state index in [2.05, 4.69) is 28.9 Å². The molecule has 1 aromatic heterocycles. The van der Waals surface area contributed by atoms with Crippen molar-refractivity contribution in [3.05, 3.63) is 11.1 Å². The average molecular weight is 284 g/mol. The number of aryl methyl sites for hydroxylation is 1. The van der Waals surface area contributed by atoms with Crippen molar-refractivity contribution >= 4 is 22.4 Å². The molecular weight excluding hydrogens is 260 g/mol. The van der Waals surface area contributed by atoms with Crippen LogP contribution in [0.1, 0.15) is 45.2 Å². The minimum absolute atomic E-state index is 0.184. The molecule has 0 aliphatic heterocycles. The molecule has 0 amide bonds. The third-order valence-corrected chi connectivity index (χ3v) is 3.70. The second kappa shape index (κ2) is 8.91. The summed E-state index contributed by atoms with van der Waals surface area (Å²) in [6.45, 7) is 5.47. The number of thiazole rings is 1. The van der Waals surface area contributed by atoms with Gasteiger partial charge >= 0.3 is 5.97 Å². The molecular formula is C14H24N2O2S. The summed E-state index contributed by atoms with van der Waals surface area (Å²) in [6, 6.07) is 0. The number of carbonyl (C=O) groups excluding carboxylic acids is 1. The minimum atomic E-state index is -0.184. The van der Waals surface area contributed by atoms with Crippen molar-refractivity contribution in [1.29, 1.82) is 0 Å². The standard InChI is InChI=1S/C14H24N2O2S/c1-11(2)6-4-5-9-15-14-16-12(10-19-14)7-8-13(17)18-3/h10-11H,4-9H2,1-3H3,(H,15,16). The maximum absolute atomic E-state index is 11.0. The topological polar surface area (TPSA) is 51.2 Å². The number of nitrogens with zero attached hydrogens (tertiary/aromatic N) is 1. The van der Waals surface area contributed by atoms with Crippen LogP contribution in [0.2, 0.25) is 0 Å². The second-order valence-electron chi connectivity index (χ2n) is 5.04. The fourth-order valence-electron chi connectivity index (χ4n) is 1.71. The summed E-state index contributed by atoms with van der Waals surface area (Å²) in [6.07, 6.45) is 4.76. The quantitative estimate of drug-likeness (QED) is 0.557. The van der Waals surface area contributed by atoms with E-state index >= 15 is 0 Å². The number of carbonyl (C=O) groups is 1. The molecule has 1 aromatic rings. The fourth-order valence-corrected chi connectivity index (χ4v) is 2.48. The zero-order valence-corrected chi connectivity index (χ0v) is 12.9. The van der Waals surface area contributed by atoms with E-state index in [4.69, 9.17) is 0 Å². The van der Waals surface area contributed by atoms with E-state index in [0.717, 1.165) is 23.3 Å². The molecule has 0 aromatic carbocycles. The number of rotatable bonds is 9. The first-order valence-corrected chi connectivity index (χ1v) is 7.75. The van der Waals surface area contributed by atoms with Gasteiger partial charge in [-0.05, 0) is 12.3 Å². The first-order chi connectivity index (χ1) is 9.11. The summed E-state index contributed by atoms with van der Waals surface area (Å²) in [7, 11) is 1.41. The molecule has 0 bridgehead atoms. The molecule has 1 rings (SSSR count). The van der Waals surface area contributed by atoms with E-state index in [0.29, 0.717) is 12.8 Å². The first kappa shape index (κ1) is 16.0. The summed E-state index contributed by atoms with van der Waals surface area (Å²) in [5.74, 6) is 0.598. The molecule has 0 saturated carbocycles. The number of hydrogen-bond acceptors (Lipinski definition) is 5. The second-order valence-corrected chi connectivity index (χ2v) is 5.89. The van der Waals surface area contributed by atoms with Crippen LogP contribution in [0.3, 0.4) is 0 Å². The maximum Gasteiger partial charge on any atom is 0.305 e. The van der Waals surface area contributed by atoms with Gasteiger partial charge in [0.2, 0.25) is 0 Å². The lowest BCUT2D eigenvalue weighted by Gasteiger charge is -2.04. The van der Waals surface area contributed by atoms with Gasteiger partial charge in [0, 0.05) is 18.3 Å². The van der Waals surface area contributed by atoms with Crippen molar-refractivity contribution < 1.29 is 9.53 Å². The van der Waals surface area contributed by atoms with E-state index in [1.165, 1.54) is 26.4 Å². The lowest BCUT2D eigenvalue weighted by atomic mass is 10.1. The molecule has 0 unspecified atom stereocenters. The number of aromatic nitrogens is 1. The molecule has 0 aliphatic rings. The van der Waals surface area contributed by atoms with Crippen molar-refractivity contribution in [3.63, 3.8) is 0 Å². The Morgan fingerprint density at radius 2 is 2.26 bits per heavy atom. The van der Waals surface area contributed by atoms with Crippen LogP contribution in [-0.2, 0) is 16.0 Å². The Kier molecular flexibility index (Phi) is 7.48. The van der Waals surface area contributed by atoms with Crippen LogP contribution in [0.15, 0.2) is 5.38 Å². The first-order valence-electron chi connectivity index (χ1n) is 6.87. The Labute approximate surface area is 119 Å². The van der Waals surface area contributed by atoms with Gasteiger partial charge in [-0.25, -0.2) is 4.98 Å². The fraction of sp³-hybridized carbons (Fsp3) is 0.714. The van der Waals surface area contributed by atoms with Gasteiger partial charge in [0.25, 0.3) is 0 Å². The molecule has 0 atom stereocenters. The van der Waals surface area contributed by atoms with Crippen LogP contribution in [-0.4, -0.2) is 24.6 Å². The highest BCUT2D eigenvalue weighted by Gasteiger charge is 2.05. The summed E-state index contributed by atoms with van der Waals surface area (Å²) >= 11 is 1.60. The molecule has 4 nitrogen and oxygen atoms in total. The molecule has 108 valence electrons. The van der Waals surface area contributed by atoms with Gasteiger partial charge in [-0.1, -0.05) is 26.7 Å². The van der Waals surface area contributed by atoms with Crippen LogP contribution in [0.25, 0.3) is 0 Å². The highest BCUT2D eigenvalue weighted by Crippen LogP contribution is 2.17. The van der Waals surface area contributed by atoms with E-state index in [1.807, 2.05) is 5.38 Å². The van der Waals surface area contributed by atoms with Crippen LogP contribution >= 0.6 is 11.3 Å². The van der Waals surface area contributed by atoms with Crippen LogP contribution in [0.4, 0.5) is 5.13 Å². The zero-order valence-electron chi connectivity index (χ0n) is 12.1. The van der Waals surface area contributed by atoms with E-state index in [9.17, 15) is 4.79 Å². The van der Waals surface area contributed by atoms with E-state index in [1.54, 1.807) is 11.3 Å². The summed E-state index contributed by atoms with van der Waals surface area (Å²) in [5.41, 5.74) is 0.958. The largest absolute Gasteiger partial charge is 0.469 e. The third-order valence-electron chi connectivity index (χ3n) is 2.85. The van der Waals surface area contributed by atoms with Gasteiger partial charge < -0.3 is 10.1 Å². The molecule has 5 heteroatoms. The normalized spacial score (nSPS) is 10.7. The molecule has 1 N–H and O–H groups in total. The Morgan fingerprint density at radius 1 is 1.47 bits per heavy atom. The SMILES string of the molecule is COC(=O)CCc1csc(NCCCCC(C)C)n1. The summed E-state index contributed by atoms with van der Waals surface area (Å²) in [5, 5.41) is 6.28. The van der Waals surface area contributed by atoms with Crippen molar-refractivity contribution in [2.75, 3.05) is 19.0 Å². The zero-order chi connectivity index (χ0) is 14.1. The van der Waals surface area contributed by atoms with Crippen molar-refractivity contribution in [2.24, 2.45) is 5.92 Å². The molecule has 19 heavy (non-hydrogen) atoms. The molecule has 0 spiro atoms. The van der Waals surface area contributed by atoms with Gasteiger partial charge in [0.1, 0.15) is 0 Å². The minimum Gasteiger partial charge on any atom is -0.469 e. The number of methoxy groups -OCH3 is 1. The summed E-state index contributed by atoms with van der Waals surface area (Å²) in [4.78, 5) is 15.5. The Balaban J connectivity index is 2.18. The highest BCUT2D eigenvalue weighted by molar-refractivity contribution is 7.13. The third kappa shape index (κ3) is 7.15. The number of hydrogen-bond donors (Lipinski definition) is 1. The predicted molar refractivity (Wildman–Crippen MR) is 79.6 cm³/mol. The maximum atomic E-state index is 11.0. The highest BCUT2D eigenvalue weighted by atomic mass is 32.1. The van der Waals surface area contributed by atoms with Gasteiger partial charge in [-0.2, -0.15) is 0 Å². The monoisotopic (exact) mass is 284 g/mol. The predicted octanol–water partition coefficient (Wildman–Crippen LogP) is 3.49. The van der Waals surface area contributed by atoms with Crippen LogP contribution in [0, 0.1) is 5.92 Å². The smallest absolute Gasteiger partial charge is 0.305 e. The van der Waals surface area contributed by atoms with E-state index < -0.39 is 0 Å². The number of nitrogens with one attached hydrogen (secondary N) is 1. The van der Waals surface area contributed by atoms with Crippen molar-refractivity contribution in [3.8, 4) is 0 Å². The Bertz CT molecular complexity index is 377. The Morgan fingerprint density at radius 3 is 2.95 bits per heavy atom. The average Bonchev–Trinajstić information content (AvgIpc) is 2.83. The van der Waals surface area contributed by atoms with Gasteiger partial charge in [-0.15, -0.1) is 11.3 Å². The van der Waals surface area contributed by atoms with Crippen LogP contribution < -0.4 is 5.32 Å². The molecule has 1 heterocycles. The Hall–Kier alpha value is -1.10. The number of esters is 1. The van der Waals surface area contributed by atoms with Crippen LogP contribution in [0.5, 0.6) is 0 Å². The van der Waals surface area contributed by atoms with E-state index in [-0.39, 0.29) is 5.97 Å². The van der Waals surface area contributed by atoms with Gasteiger partial charge in [0.15, 0.2) is 5.13 Å². The summed E-state index contributed by atoms with van der Waals surface area (Å²) < 4.78 is 4.61. The lowest BCUT2D eigenvalue weighted by Crippen LogP contribution is -2.03. The van der Waals surface area contributed by atoms with Crippen molar-refractivity contribution in [2.45, 2.75) is 46.0 Å². The van der Waals surface area contributed by atoms with Crippen molar-refractivity contribution in [1.82, 2.24) is 4.98 Å². The van der Waals surface area contributed by atoms with Gasteiger partial charge in [-0.3, -0.25) is 4.79 Å². The molecule has 0 saturated heterocycles.